The van der Waals surface area contributed by atoms with Gasteiger partial charge in [-0.25, -0.2) is 0 Å². The summed E-state index contributed by atoms with van der Waals surface area (Å²) in [5.41, 5.74) is 7.71. The summed E-state index contributed by atoms with van der Waals surface area (Å²) in [5.74, 6) is 0. The van der Waals surface area contributed by atoms with Crippen molar-refractivity contribution < 1.29 is 0 Å². The minimum Gasteiger partial charge on any atom is -0.389 e. The second kappa shape index (κ2) is 6.48. The lowest BCUT2D eigenvalue weighted by molar-refractivity contribution is 0.705. The average Bonchev–Trinajstić information content (AvgIpc) is 2.29. The summed E-state index contributed by atoms with van der Waals surface area (Å²) in [5, 5.41) is 0. The smallest absolute Gasteiger partial charge is 0.103 e. The normalized spacial score (nSPS) is 10.1. The van der Waals surface area contributed by atoms with E-state index in [1.54, 1.807) is 0 Å². The lowest BCUT2D eigenvalue weighted by atomic mass is 10.2. The van der Waals surface area contributed by atoms with Crippen LogP contribution < -0.4 is 10.6 Å². The van der Waals surface area contributed by atoms with Crippen LogP contribution in [0.3, 0.4) is 0 Å². The second-order valence-electron chi connectivity index (χ2n) is 4.04. The molecule has 0 saturated heterocycles. The van der Waals surface area contributed by atoms with Gasteiger partial charge in [0.25, 0.3) is 0 Å². The second-order valence-corrected chi connectivity index (χ2v) is 4.48. The van der Waals surface area contributed by atoms with E-state index in [1.165, 1.54) is 24.9 Å². The van der Waals surface area contributed by atoms with E-state index in [9.17, 15) is 0 Å². The van der Waals surface area contributed by atoms with Crippen LogP contribution in [0.1, 0.15) is 31.7 Å². The first kappa shape index (κ1) is 13.0. The van der Waals surface area contributed by atoms with Crippen LogP contribution in [0.4, 0.5) is 5.69 Å². The predicted molar refractivity (Wildman–Crippen MR) is 75.1 cm³/mol. The number of benzene rings is 1. The third-order valence-electron chi connectivity index (χ3n) is 2.69. The Morgan fingerprint density at radius 1 is 1.25 bits per heavy atom. The van der Waals surface area contributed by atoms with Crippen molar-refractivity contribution in [2.45, 2.75) is 26.2 Å². The summed E-state index contributed by atoms with van der Waals surface area (Å²) in [6.07, 6.45) is 3.79. The zero-order valence-electron chi connectivity index (χ0n) is 10.1. The van der Waals surface area contributed by atoms with Crippen LogP contribution >= 0.6 is 12.2 Å². The van der Waals surface area contributed by atoms with Crippen molar-refractivity contribution >= 4 is 22.9 Å². The Labute approximate surface area is 103 Å². The standard InChI is InChI=1S/C13H20N2S/c1-3-4-5-10-15(2)12-8-6-11(7-9-12)13(14)16/h6-9H,3-5,10H2,1-2H3,(H2,14,16). The molecular formula is C13H20N2S. The lowest BCUT2D eigenvalue weighted by Gasteiger charge is -2.19. The molecule has 0 fully saturated rings. The molecule has 0 bridgehead atoms. The number of nitrogens with zero attached hydrogens (tertiary/aromatic N) is 1. The van der Waals surface area contributed by atoms with Crippen molar-refractivity contribution in [1.82, 2.24) is 0 Å². The highest BCUT2D eigenvalue weighted by Crippen LogP contribution is 2.14. The van der Waals surface area contributed by atoms with E-state index in [0.717, 1.165) is 12.1 Å². The summed E-state index contributed by atoms with van der Waals surface area (Å²) in [6.45, 7) is 3.32. The van der Waals surface area contributed by atoms with Crippen molar-refractivity contribution in [3.8, 4) is 0 Å². The maximum Gasteiger partial charge on any atom is 0.103 e. The molecular weight excluding hydrogens is 216 g/mol. The molecule has 0 saturated carbocycles. The molecule has 0 amide bonds. The highest BCUT2D eigenvalue weighted by atomic mass is 32.1. The van der Waals surface area contributed by atoms with Gasteiger partial charge in [0.05, 0.1) is 0 Å². The third-order valence-corrected chi connectivity index (χ3v) is 2.93. The first-order chi connectivity index (χ1) is 7.65. The van der Waals surface area contributed by atoms with E-state index in [2.05, 4.69) is 31.0 Å². The van der Waals surface area contributed by atoms with Gasteiger partial charge in [0.1, 0.15) is 4.99 Å². The zero-order chi connectivity index (χ0) is 12.0. The molecule has 1 aromatic rings. The van der Waals surface area contributed by atoms with E-state index < -0.39 is 0 Å². The van der Waals surface area contributed by atoms with Gasteiger partial charge >= 0.3 is 0 Å². The molecule has 1 rings (SSSR count). The Balaban J connectivity index is 2.56. The Kier molecular flexibility index (Phi) is 5.26. The number of anilines is 1. The number of hydrogen-bond acceptors (Lipinski definition) is 2. The van der Waals surface area contributed by atoms with Crippen molar-refractivity contribution in [2.75, 3.05) is 18.5 Å². The van der Waals surface area contributed by atoms with Crippen LogP contribution in [0.2, 0.25) is 0 Å². The molecule has 1 aromatic carbocycles. The zero-order valence-corrected chi connectivity index (χ0v) is 10.9. The topological polar surface area (TPSA) is 29.3 Å². The van der Waals surface area contributed by atoms with E-state index in [-0.39, 0.29) is 0 Å². The molecule has 0 aliphatic heterocycles. The minimum absolute atomic E-state index is 0.459. The summed E-state index contributed by atoms with van der Waals surface area (Å²) in [6, 6.07) is 8.10. The number of unbranched alkanes of at least 4 members (excludes halogenated alkanes) is 2. The summed E-state index contributed by atoms with van der Waals surface area (Å²) in [4.78, 5) is 2.72. The van der Waals surface area contributed by atoms with Crippen molar-refractivity contribution in [1.29, 1.82) is 0 Å². The fraction of sp³-hybridized carbons (Fsp3) is 0.462. The van der Waals surface area contributed by atoms with Crippen molar-refractivity contribution in [3.63, 3.8) is 0 Å². The summed E-state index contributed by atoms with van der Waals surface area (Å²) < 4.78 is 0. The monoisotopic (exact) mass is 236 g/mol. The van der Waals surface area contributed by atoms with Crippen molar-refractivity contribution in [2.24, 2.45) is 5.73 Å². The van der Waals surface area contributed by atoms with E-state index in [4.69, 9.17) is 18.0 Å². The number of rotatable bonds is 6. The van der Waals surface area contributed by atoms with E-state index in [1.807, 2.05) is 12.1 Å². The Morgan fingerprint density at radius 3 is 2.38 bits per heavy atom. The molecule has 3 heteroatoms. The average molecular weight is 236 g/mol. The van der Waals surface area contributed by atoms with Crippen LogP contribution in [-0.4, -0.2) is 18.6 Å². The maximum atomic E-state index is 5.56. The number of thiocarbonyl (C=S) groups is 1. The van der Waals surface area contributed by atoms with Crippen LogP contribution in [-0.2, 0) is 0 Å². The minimum atomic E-state index is 0.459. The Bertz CT molecular complexity index is 332. The van der Waals surface area contributed by atoms with Crippen LogP contribution in [0, 0.1) is 0 Å². The van der Waals surface area contributed by atoms with Gasteiger partial charge in [-0.3, -0.25) is 0 Å². The fourth-order valence-corrected chi connectivity index (χ4v) is 1.74. The van der Waals surface area contributed by atoms with Crippen molar-refractivity contribution in [3.05, 3.63) is 29.8 Å². The molecule has 0 spiro atoms. The molecule has 0 aromatic heterocycles. The molecule has 0 heterocycles. The van der Waals surface area contributed by atoms with Crippen LogP contribution in [0.25, 0.3) is 0 Å². The molecule has 2 N–H and O–H groups in total. The summed E-state index contributed by atoms with van der Waals surface area (Å²) >= 11 is 4.92. The van der Waals surface area contributed by atoms with Gasteiger partial charge < -0.3 is 10.6 Å². The highest BCUT2D eigenvalue weighted by Gasteiger charge is 2.01. The number of hydrogen-bond donors (Lipinski definition) is 1. The molecule has 16 heavy (non-hydrogen) atoms. The molecule has 0 aliphatic carbocycles. The third kappa shape index (κ3) is 3.81. The van der Waals surface area contributed by atoms with Gasteiger partial charge in [-0.05, 0) is 30.7 Å². The highest BCUT2D eigenvalue weighted by molar-refractivity contribution is 7.80. The predicted octanol–water partition coefficient (Wildman–Crippen LogP) is 2.95. The fourth-order valence-electron chi connectivity index (χ4n) is 1.61. The van der Waals surface area contributed by atoms with Crippen LogP contribution in [0.5, 0.6) is 0 Å². The summed E-state index contributed by atoms with van der Waals surface area (Å²) in [7, 11) is 2.12. The first-order valence-corrected chi connectivity index (χ1v) is 6.17. The molecule has 2 nitrogen and oxygen atoms in total. The first-order valence-electron chi connectivity index (χ1n) is 5.76. The van der Waals surface area contributed by atoms with Gasteiger partial charge in [-0.2, -0.15) is 0 Å². The number of nitrogens with two attached hydrogens (primary N) is 1. The van der Waals surface area contributed by atoms with Gasteiger partial charge in [0.15, 0.2) is 0 Å². The van der Waals surface area contributed by atoms with E-state index in [0.29, 0.717) is 4.99 Å². The van der Waals surface area contributed by atoms with Gasteiger partial charge in [-0.1, -0.05) is 32.0 Å². The lowest BCUT2D eigenvalue weighted by Crippen LogP contribution is -2.18. The van der Waals surface area contributed by atoms with Gasteiger partial charge in [0, 0.05) is 24.8 Å². The van der Waals surface area contributed by atoms with E-state index >= 15 is 0 Å². The maximum absolute atomic E-state index is 5.56. The Hall–Kier alpha value is -1.09. The Morgan fingerprint density at radius 2 is 1.88 bits per heavy atom. The molecule has 88 valence electrons. The quantitative estimate of drug-likeness (QED) is 0.608. The molecule has 0 unspecified atom stereocenters. The SMILES string of the molecule is CCCCCN(C)c1ccc(C(N)=S)cc1. The van der Waals surface area contributed by atoms with Gasteiger partial charge in [0.2, 0.25) is 0 Å². The molecule has 0 atom stereocenters. The van der Waals surface area contributed by atoms with Gasteiger partial charge in [-0.15, -0.1) is 0 Å². The molecule has 0 aliphatic rings. The molecule has 0 radical (unpaired) electrons. The largest absolute Gasteiger partial charge is 0.389 e. The van der Waals surface area contributed by atoms with Crippen LogP contribution in [0.15, 0.2) is 24.3 Å².